The zero-order valence-electron chi connectivity index (χ0n) is 16.8. The molecule has 29 heavy (non-hydrogen) atoms. The van der Waals surface area contributed by atoms with E-state index in [0.29, 0.717) is 25.3 Å². The summed E-state index contributed by atoms with van der Waals surface area (Å²) in [5.74, 6) is 0.162. The lowest BCUT2D eigenvalue weighted by molar-refractivity contribution is -0.140. The van der Waals surface area contributed by atoms with Crippen molar-refractivity contribution in [3.63, 3.8) is 0 Å². The standard InChI is InChI=1S/C23H30N2O4/c26-19-15-29-20-11-12-25(22(19)20)23(28)18(13-16-7-3-1-4-8-16)24-21(27)14-17-9-5-2-6-10-17/h2,5-6,9-10,16,18,20,22H,1,3-4,7-8,11-15H2,(H,24,27)/t18-,20?,22?/m0/s1. The Morgan fingerprint density at radius 1 is 1.10 bits per heavy atom. The van der Waals surface area contributed by atoms with E-state index in [2.05, 4.69) is 5.32 Å². The van der Waals surface area contributed by atoms with Gasteiger partial charge in [0.15, 0.2) is 5.78 Å². The minimum absolute atomic E-state index is 0.0205. The number of carbonyl (C=O) groups excluding carboxylic acids is 3. The highest BCUT2D eigenvalue weighted by atomic mass is 16.5. The molecule has 2 heterocycles. The van der Waals surface area contributed by atoms with Crippen LogP contribution in [0.2, 0.25) is 0 Å². The second-order valence-electron chi connectivity index (χ2n) is 8.60. The van der Waals surface area contributed by atoms with Gasteiger partial charge in [0, 0.05) is 6.54 Å². The number of fused-ring (bicyclic) bond motifs is 1. The topological polar surface area (TPSA) is 75.7 Å². The van der Waals surface area contributed by atoms with Crippen LogP contribution in [0.1, 0.15) is 50.5 Å². The fraction of sp³-hybridized carbons (Fsp3) is 0.609. The van der Waals surface area contributed by atoms with Crippen molar-refractivity contribution in [1.82, 2.24) is 10.2 Å². The molecule has 0 radical (unpaired) electrons. The lowest BCUT2D eigenvalue weighted by atomic mass is 9.84. The Kier molecular flexibility index (Phi) is 6.28. The van der Waals surface area contributed by atoms with Gasteiger partial charge in [-0.05, 0) is 24.3 Å². The molecule has 1 N–H and O–H groups in total. The first-order valence-corrected chi connectivity index (χ1v) is 10.9. The summed E-state index contributed by atoms with van der Waals surface area (Å²) in [5, 5.41) is 3.00. The minimum atomic E-state index is -0.568. The number of nitrogens with zero attached hydrogens (tertiary/aromatic N) is 1. The van der Waals surface area contributed by atoms with Crippen molar-refractivity contribution in [1.29, 1.82) is 0 Å². The normalized spacial score (nSPS) is 25.7. The number of benzene rings is 1. The van der Waals surface area contributed by atoms with Gasteiger partial charge in [-0.3, -0.25) is 14.4 Å². The van der Waals surface area contributed by atoms with E-state index in [0.717, 1.165) is 18.4 Å². The molecule has 1 saturated carbocycles. The molecule has 6 heteroatoms. The molecule has 1 aromatic carbocycles. The average Bonchev–Trinajstić information content (AvgIpc) is 3.31. The molecule has 0 spiro atoms. The molecule has 2 saturated heterocycles. The van der Waals surface area contributed by atoms with Gasteiger partial charge in [-0.1, -0.05) is 62.4 Å². The lowest BCUT2D eigenvalue weighted by Crippen LogP contribution is -2.53. The SMILES string of the molecule is O=C(Cc1ccccc1)N[C@@H](CC1CCCCC1)C(=O)N1CCC2OCC(=O)C21. The van der Waals surface area contributed by atoms with E-state index in [1.54, 1.807) is 4.90 Å². The number of carbonyl (C=O) groups is 3. The number of nitrogens with one attached hydrogen (secondary N) is 1. The van der Waals surface area contributed by atoms with Crippen LogP contribution in [0.4, 0.5) is 0 Å². The summed E-state index contributed by atoms with van der Waals surface area (Å²) in [7, 11) is 0. The number of amides is 2. The number of hydrogen-bond acceptors (Lipinski definition) is 4. The highest BCUT2D eigenvalue weighted by molar-refractivity contribution is 5.95. The van der Waals surface area contributed by atoms with E-state index in [1.807, 2.05) is 30.3 Å². The average molecular weight is 399 g/mol. The zero-order chi connectivity index (χ0) is 20.2. The van der Waals surface area contributed by atoms with E-state index >= 15 is 0 Å². The van der Waals surface area contributed by atoms with Gasteiger partial charge in [-0.15, -0.1) is 0 Å². The number of hydrogen-bond donors (Lipinski definition) is 1. The van der Waals surface area contributed by atoms with Crippen molar-refractivity contribution in [2.45, 2.75) is 69.6 Å². The van der Waals surface area contributed by atoms with E-state index in [4.69, 9.17) is 4.74 Å². The lowest BCUT2D eigenvalue weighted by Gasteiger charge is -2.31. The second-order valence-corrected chi connectivity index (χ2v) is 8.60. The Hall–Kier alpha value is -2.21. The molecule has 2 aliphatic heterocycles. The third kappa shape index (κ3) is 4.69. The van der Waals surface area contributed by atoms with Crippen LogP contribution >= 0.6 is 0 Å². The van der Waals surface area contributed by atoms with Crippen LogP contribution in [-0.2, 0) is 25.5 Å². The molecule has 1 aromatic rings. The molecular formula is C23H30N2O4. The van der Waals surface area contributed by atoms with Gasteiger partial charge in [-0.2, -0.15) is 0 Å². The third-order valence-electron chi connectivity index (χ3n) is 6.53. The number of ketones is 1. The van der Waals surface area contributed by atoms with Crippen LogP contribution < -0.4 is 5.32 Å². The molecule has 156 valence electrons. The van der Waals surface area contributed by atoms with E-state index in [9.17, 15) is 14.4 Å². The Labute approximate surface area is 172 Å². The highest BCUT2D eigenvalue weighted by Gasteiger charge is 2.48. The molecule has 1 aliphatic carbocycles. The number of Topliss-reactive ketones (excluding diaryl/α,β-unsaturated/α-hetero) is 1. The van der Waals surface area contributed by atoms with Crippen LogP contribution in [0.15, 0.2) is 30.3 Å². The van der Waals surface area contributed by atoms with Gasteiger partial charge in [0.2, 0.25) is 11.8 Å². The summed E-state index contributed by atoms with van der Waals surface area (Å²) in [6.07, 6.45) is 7.24. The third-order valence-corrected chi connectivity index (χ3v) is 6.53. The predicted octanol–water partition coefficient (Wildman–Crippen LogP) is 2.25. The molecule has 3 atom stereocenters. The summed E-state index contributed by atoms with van der Waals surface area (Å²) < 4.78 is 5.53. The van der Waals surface area contributed by atoms with E-state index in [-0.39, 0.29) is 36.7 Å². The summed E-state index contributed by atoms with van der Waals surface area (Å²) in [6, 6.07) is 8.52. The molecule has 2 amide bonds. The molecule has 4 rings (SSSR count). The maximum atomic E-state index is 13.4. The summed E-state index contributed by atoms with van der Waals surface area (Å²) in [5.41, 5.74) is 0.925. The fourth-order valence-corrected chi connectivity index (χ4v) is 5.05. The van der Waals surface area contributed by atoms with E-state index < -0.39 is 12.1 Å². The van der Waals surface area contributed by atoms with Crippen molar-refractivity contribution in [3.05, 3.63) is 35.9 Å². The smallest absolute Gasteiger partial charge is 0.245 e. The largest absolute Gasteiger partial charge is 0.368 e. The summed E-state index contributed by atoms with van der Waals surface area (Å²) in [6.45, 7) is 0.613. The Morgan fingerprint density at radius 3 is 2.62 bits per heavy atom. The molecule has 2 unspecified atom stereocenters. The van der Waals surface area contributed by atoms with E-state index in [1.165, 1.54) is 19.3 Å². The molecule has 3 aliphatic rings. The van der Waals surface area contributed by atoms with Crippen LogP contribution in [0.25, 0.3) is 0 Å². The van der Waals surface area contributed by atoms with Crippen molar-refractivity contribution in [3.8, 4) is 0 Å². The van der Waals surface area contributed by atoms with Crippen molar-refractivity contribution >= 4 is 17.6 Å². The van der Waals surface area contributed by atoms with Gasteiger partial charge >= 0.3 is 0 Å². The van der Waals surface area contributed by atoms with Gasteiger partial charge in [-0.25, -0.2) is 0 Å². The number of rotatable bonds is 6. The van der Waals surface area contributed by atoms with Crippen LogP contribution in [0, 0.1) is 5.92 Å². The Morgan fingerprint density at radius 2 is 1.86 bits per heavy atom. The predicted molar refractivity (Wildman–Crippen MR) is 108 cm³/mol. The maximum Gasteiger partial charge on any atom is 0.245 e. The Bertz CT molecular complexity index is 745. The summed E-state index contributed by atoms with van der Waals surface area (Å²) in [4.78, 5) is 40.0. The first kappa shape index (κ1) is 20.1. The van der Waals surface area contributed by atoms with Crippen LogP contribution in [0.5, 0.6) is 0 Å². The van der Waals surface area contributed by atoms with Crippen LogP contribution in [-0.4, -0.2) is 53.8 Å². The van der Waals surface area contributed by atoms with Gasteiger partial charge < -0.3 is 15.0 Å². The highest BCUT2D eigenvalue weighted by Crippen LogP contribution is 2.31. The number of ether oxygens (including phenoxy) is 1. The summed E-state index contributed by atoms with van der Waals surface area (Å²) >= 11 is 0. The molecule has 0 bridgehead atoms. The van der Waals surface area contributed by atoms with Crippen molar-refractivity contribution < 1.29 is 19.1 Å². The molecule has 3 fully saturated rings. The monoisotopic (exact) mass is 398 g/mol. The molecular weight excluding hydrogens is 368 g/mol. The van der Waals surface area contributed by atoms with Crippen LogP contribution in [0.3, 0.4) is 0 Å². The van der Waals surface area contributed by atoms with Gasteiger partial charge in [0.1, 0.15) is 18.7 Å². The quantitative estimate of drug-likeness (QED) is 0.798. The second kappa shape index (κ2) is 9.08. The first-order chi connectivity index (χ1) is 14.1. The van der Waals surface area contributed by atoms with Gasteiger partial charge in [0.25, 0.3) is 0 Å². The fourth-order valence-electron chi connectivity index (χ4n) is 5.05. The van der Waals surface area contributed by atoms with Crippen molar-refractivity contribution in [2.75, 3.05) is 13.2 Å². The molecule has 6 nitrogen and oxygen atoms in total. The van der Waals surface area contributed by atoms with Gasteiger partial charge in [0.05, 0.1) is 12.5 Å². The Balaban J connectivity index is 1.46. The number of likely N-dealkylation sites (tertiary alicyclic amines) is 1. The minimum Gasteiger partial charge on any atom is -0.368 e. The molecule has 0 aromatic heterocycles. The zero-order valence-corrected chi connectivity index (χ0v) is 16.8. The van der Waals surface area contributed by atoms with Crippen molar-refractivity contribution in [2.24, 2.45) is 5.92 Å². The first-order valence-electron chi connectivity index (χ1n) is 10.9. The maximum absolute atomic E-state index is 13.4.